The number of allylic oxidation sites excluding steroid dienone is 1. The molecule has 0 saturated heterocycles. The highest BCUT2D eigenvalue weighted by atomic mass is 14.3. The van der Waals surface area contributed by atoms with Crippen molar-refractivity contribution in [3.63, 3.8) is 0 Å². The van der Waals surface area contributed by atoms with Crippen LogP contribution in [-0.4, -0.2) is 0 Å². The van der Waals surface area contributed by atoms with Gasteiger partial charge < -0.3 is 0 Å². The maximum absolute atomic E-state index is 8.93. The Labute approximate surface area is 92.1 Å². The lowest BCUT2D eigenvalue weighted by Gasteiger charge is -2.15. The number of benzene rings is 1. The molecule has 0 bridgehead atoms. The van der Waals surface area contributed by atoms with Crippen LogP contribution >= 0.6 is 0 Å². The van der Waals surface area contributed by atoms with Crippen LogP contribution in [0.5, 0.6) is 0 Å². The third kappa shape index (κ3) is 3.99. The van der Waals surface area contributed by atoms with Crippen LogP contribution in [-0.2, 0) is 0 Å². The summed E-state index contributed by atoms with van der Waals surface area (Å²) in [7, 11) is 0. The van der Waals surface area contributed by atoms with Gasteiger partial charge in [-0.15, -0.1) is 0 Å². The van der Waals surface area contributed by atoms with Crippen LogP contribution in [0.25, 0.3) is 6.08 Å². The molecule has 0 saturated carbocycles. The normalized spacial score (nSPS) is 12.3. The molecule has 0 radical (unpaired) electrons. The van der Waals surface area contributed by atoms with Crippen molar-refractivity contribution < 1.29 is 0 Å². The zero-order valence-electron chi connectivity index (χ0n) is 9.62. The van der Waals surface area contributed by atoms with Gasteiger partial charge in [0.05, 0.1) is 11.5 Å². The summed E-state index contributed by atoms with van der Waals surface area (Å²) < 4.78 is 0. The van der Waals surface area contributed by atoms with Crippen LogP contribution in [0.1, 0.15) is 32.8 Å². The molecule has 1 aromatic rings. The van der Waals surface area contributed by atoms with Crippen molar-refractivity contribution in [2.45, 2.75) is 27.2 Å². The third-order valence-corrected chi connectivity index (χ3v) is 2.24. The Bertz CT molecular complexity index is 380. The number of nitriles is 1. The second-order valence-electron chi connectivity index (χ2n) is 4.57. The number of hydrogen-bond donors (Lipinski definition) is 0. The summed E-state index contributed by atoms with van der Waals surface area (Å²) >= 11 is 0. The first-order valence-electron chi connectivity index (χ1n) is 5.17. The van der Waals surface area contributed by atoms with Crippen molar-refractivity contribution >= 4 is 6.08 Å². The molecule has 0 aliphatic carbocycles. The van der Waals surface area contributed by atoms with Crippen LogP contribution in [0.3, 0.4) is 0 Å². The molecule has 1 nitrogen and oxygen atoms in total. The van der Waals surface area contributed by atoms with Crippen molar-refractivity contribution in [1.29, 1.82) is 5.26 Å². The minimum Gasteiger partial charge on any atom is -0.198 e. The van der Waals surface area contributed by atoms with Gasteiger partial charge in [0, 0.05) is 0 Å². The Hall–Kier alpha value is -1.55. The quantitative estimate of drug-likeness (QED) is 0.721. The molecule has 15 heavy (non-hydrogen) atoms. The van der Waals surface area contributed by atoms with Gasteiger partial charge in [-0.25, -0.2) is 0 Å². The molecule has 0 fully saturated rings. The van der Waals surface area contributed by atoms with Crippen LogP contribution in [0.15, 0.2) is 35.9 Å². The second-order valence-corrected chi connectivity index (χ2v) is 4.57. The molecule has 0 amide bonds. The molecule has 0 unspecified atom stereocenters. The molecule has 1 heteroatoms. The summed E-state index contributed by atoms with van der Waals surface area (Å²) in [6.45, 7) is 6.01. The van der Waals surface area contributed by atoms with Gasteiger partial charge in [0.1, 0.15) is 0 Å². The van der Waals surface area contributed by atoms with E-state index in [-0.39, 0.29) is 5.41 Å². The number of rotatable bonds is 3. The summed E-state index contributed by atoms with van der Waals surface area (Å²) in [6.07, 6.45) is 2.96. The fourth-order valence-electron chi connectivity index (χ4n) is 1.62. The van der Waals surface area contributed by atoms with E-state index in [9.17, 15) is 0 Å². The van der Waals surface area contributed by atoms with Crippen molar-refractivity contribution in [1.82, 2.24) is 0 Å². The van der Waals surface area contributed by atoms with Crippen molar-refractivity contribution in [2.75, 3.05) is 0 Å². The van der Waals surface area contributed by atoms with E-state index in [1.807, 2.05) is 32.0 Å². The Morgan fingerprint density at radius 1 is 1.33 bits per heavy atom. The molecule has 0 spiro atoms. The van der Waals surface area contributed by atoms with Crippen LogP contribution in [0, 0.1) is 16.7 Å². The average Bonchev–Trinajstić information content (AvgIpc) is 2.18. The lowest BCUT2D eigenvalue weighted by molar-refractivity contribution is 0.492. The highest BCUT2D eigenvalue weighted by molar-refractivity contribution is 5.52. The van der Waals surface area contributed by atoms with Gasteiger partial charge in [-0.05, 0) is 32.8 Å². The summed E-state index contributed by atoms with van der Waals surface area (Å²) in [6, 6.07) is 12.5. The minimum atomic E-state index is -0.268. The standard InChI is InChI=1S/C14H17N/c1-12(10-14(2,3)11-15)9-13-7-5-4-6-8-13/h4-9H,10H2,1-3H3/b12-9+. The van der Waals surface area contributed by atoms with E-state index in [0.717, 1.165) is 6.42 Å². The van der Waals surface area contributed by atoms with Crippen molar-refractivity contribution in [2.24, 2.45) is 5.41 Å². The summed E-state index contributed by atoms with van der Waals surface area (Å²) in [4.78, 5) is 0. The molecular weight excluding hydrogens is 182 g/mol. The van der Waals surface area contributed by atoms with Gasteiger partial charge in [-0.1, -0.05) is 42.0 Å². The van der Waals surface area contributed by atoms with E-state index in [1.54, 1.807) is 0 Å². The van der Waals surface area contributed by atoms with Crippen molar-refractivity contribution in [3.8, 4) is 6.07 Å². The Kier molecular flexibility index (Phi) is 3.68. The summed E-state index contributed by atoms with van der Waals surface area (Å²) in [5.41, 5.74) is 2.17. The van der Waals surface area contributed by atoms with E-state index < -0.39 is 0 Å². The number of hydrogen-bond acceptors (Lipinski definition) is 1. The molecule has 0 heterocycles. The second kappa shape index (κ2) is 4.79. The SMILES string of the molecule is C/C(=C\c1ccccc1)CC(C)(C)C#N. The van der Waals surface area contributed by atoms with Gasteiger partial charge in [0.25, 0.3) is 0 Å². The van der Waals surface area contributed by atoms with E-state index in [2.05, 4.69) is 31.2 Å². The maximum Gasteiger partial charge on any atom is 0.0687 e. The van der Waals surface area contributed by atoms with Crippen molar-refractivity contribution in [3.05, 3.63) is 41.5 Å². The first kappa shape index (κ1) is 11.5. The van der Waals surface area contributed by atoms with Crippen LogP contribution < -0.4 is 0 Å². The van der Waals surface area contributed by atoms with Gasteiger partial charge in [0.2, 0.25) is 0 Å². The molecule has 0 aliphatic rings. The molecule has 0 atom stereocenters. The van der Waals surface area contributed by atoms with Gasteiger partial charge in [0.15, 0.2) is 0 Å². The predicted molar refractivity (Wildman–Crippen MR) is 64.1 cm³/mol. The van der Waals surface area contributed by atoms with E-state index in [1.165, 1.54) is 11.1 Å². The Morgan fingerprint density at radius 3 is 2.47 bits per heavy atom. The summed E-state index contributed by atoms with van der Waals surface area (Å²) in [5, 5.41) is 8.93. The molecule has 0 N–H and O–H groups in total. The Morgan fingerprint density at radius 2 is 1.93 bits per heavy atom. The third-order valence-electron chi connectivity index (χ3n) is 2.24. The lowest BCUT2D eigenvalue weighted by atomic mass is 9.87. The van der Waals surface area contributed by atoms with Gasteiger partial charge in [-0.2, -0.15) is 5.26 Å². The summed E-state index contributed by atoms with van der Waals surface area (Å²) in [5.74, 6) is 0. The fraction of sp³-hybridized carbons (Fsp3) is 0.357. The van der Waals surface area contributed by atoms with Gasteiger partial charge >= 0.3 is 0 Å². The average molecular weight is 199 g/mol. The first-order chi connectivity index (χ1) is 7.03. The zero-order valence-corrected chi connectivity index (χ0v) is 9.62. The highest BCUT2D eigenvalue weighted by Gasteiger charge is 2.16. The topological polar surface area (TPSA) is 23.8 Å². The molecule has 78 valence electrons. The first-order valence-corrected chi connectivity index (χ1v) is 5.17. The molecule has 1 rings (SSSR count). The molecule has 0 aliphatic heterocycles. The smallest absolute Gasteiger partial charge is 0.0687 e. The van der Waals surface area contributed by atoms with Gasteiger partial charge in [-0.3, -0.25) is 0 Å². The molecule has 0 aromatic heterocycles. The number of nitrogens with zero attached hydrogens (tertiary/aromatic N) is 1. The minimum absolute atomic E-state index is 0.268. The van der Waals surface area contributed by atoms with E-state index in [0.29, 0.717) is 0 Å². The monoisotopic (exact) mass is 199 g/mol. The predicted octanol–water partition coefficient (Wildman–Crippen LogP) is 4.03. The van der Waals surface area contributed by atoms with Crippen LogP contribution in [0.2, 0.25) is 0 Å². The maximum atomic E-state index is 8.93. The Balaban J connectivity index is 2.75. The van der Waals surface area contributed by atoms with E-state index >= 15 is 0 Å². The zero-order chi connectivity index (χ0) is 11.3. The molecular formula is C14H17N. The van der Waals surface area contributed by atoms with E-state index in [4.69, 9.17) is 5.26 Å². The highest BCUT2D eigenvalue weighted by Crippen LogP contribution is 2.24. The van der Waals surface area contributed by atoms with Crippen LogP contribution in [0.4, 0.5) is 0 Å². The molecule has 1 aromatic carbocycles. The fourth-order valence-corrected chi connectivity index (χ4v) is 1.62. The lowest BCUT2D eigenvalue weighted by Crippen LogP contribution is -2.07. The largest absolute Gasteiger partial charge is 0.198 e.